The average molecular weight is 475 g/mol. The lowest BCUT2D eigenvalue weighted by Crippen LogP contribution is -2.55. The largest absolute Gasteiger partial charge is 0.434 e. The minimum atomic E-state index is -1.60. The Bertz CT molecular complexity index is 932. The van der Waals surface area contributed by atoms with Crippen molar-refractivity contribution < 1.29 is 23.5 Å². The molecule has 0 saturated carbocycles. The van der Waals surface area contributed by atoms with Crippen molar-refractivity contribution in [2.24, 2.45) is 0 Å². The molecule has 0 radical (unpaired) electrons. The van der Waals surface area contributed by atoms with Crippen molar-refractivity contribution in [3.63, 3.8) is 0 Å². The Morgan fingerprint density at radius 2 is 1.85 bits per heavy atom. The van der Waals surface area contributed by atoms with Crippen LogP contribution in [0, 0.1) is 0 Å². The first kappa shape index (κ1) is 24.9. The number of para-hydroxylation sites is 2. The van der Waals surface area contributed by atoms with Gasteiger partial charge in [0.2, 0.25) is 11.7 Å². The third-order valence-corrected chi connectivity index (χ3v) is 7.02. The number of aromatic nitrogens is 1. The number of oxazole rings is 1. The molecular weight excluding hydrogens is 440 g/mol. The van der Waals surface area contributed by atoms with Crippen LogP contribution in [-0.2, 0) is 9.53 Å². The number of nitrogens with one attached hydrogen (secondary N) is 2. The van der Waals surface area contributed by atoms with Gasteiger partial charge in [0.25, 0.3) is 5.89 Å². The van der Waals surface area contributed by atoms with Gasteiger partial charge in [0.1, 0.15) is 11.6 Å². The number of ketones is 1. The van der Waals surface area contributed by atoms with Gasteiger partial charge in [-0.05, 0) is 31.0 Å². The van der Waals surface area contributed by atoms with Crippen LogP contribution >= 0.6 is 0 Å². The molecule has 10 heteroatoms. The van der Waals surface area contributed by atoms with E-state index in [1.165, 1.54) is 0 Å². The number of hydrogen-bond acceptors (Lipinski definition) is 6. The number of benzene rings is 1. The smallest absolute Gasteiger partial charge is 0.318 e. The second kappa shape index (κ2) is 11.4. The van der Waals surface area contributed by atoms with Crippen molar-refractivity contribution in [1.29, 1.82) is 0 Å². The van der Waals surface area contributed by atoms with E-state index in [4.69, 9.17) is 9.15 Å². The molecule has 1 aromatic heterocycles. The molecule has 0 spiro atoms. The number of rotatable bonds is 10. The van der Waals surface area contributed by atoms with Crippen molar-refractivity contribution in [2.75, 3.05) is 32.8 Å². The highest BCUT2D eigenvalue weighted by Crippen LogP contribution is 2.17. The fraction of sp³-hybridized carbons (Fsp3) is 0.565. The maximum atomic E-state index is 12.8. The molecule has 1 fully saturated rings. The maximum Gasteiger partial charge on any atom is 0.318 e. The normalized spacial score (nSPS) is 15.3. The number of unbranched alkanes of at least 4 members (excludes halogenated alkanes) is 1. The van der Waals surface area contributed by atoms with Crippen molar-refractivity contribution in [1.82, 2.24) is 20.5 Å². The number of carbonyl (C=O) groups excluding carboxylic acids is 3. The fourth-order valence-corrected chi connectivity index (χ4v) is 5.18. The first-order chi connectivity index (χ1) is 15.7. The van der Waals surface area contributed by atoms with E-state index in [1.807, 2.05) is 12.1 Å². The summed E-state index contributed by atoms with van der Waals surface area (Å²) in [6, 6.07) is 7.15. The van der Waals surface area contributed by atoms with Crippen molar-refractivity contribution >= 4 is 36.9 Å². The van der Waals surface area contributed by atoms with Crippen molar-refractivity contribution in [3.8, 4) is 0 Å². The van der Waals surface area contributed by atoms with E-state index >= 15 is 0 Å². The lowest BCUT2D eigenvalue weighted by molar-refractivity contribution is -0.122. The van der Waals surface area contributed by atoms with Crippen LogP contribution in [0.2, 0.25) is 25.7 Å². The number of urea groups is 1. The summed E-state index contributed by atoms with van der Waals surface area (Å²) in [5.74, 6) is -0.197. The zero-order valence-corrected chi connectivity index (χ0v) is 20.7. The number of Topliss-reactive ketones (excluding diaryl/α,β-unsaturated/α-hetero) is 1. The topological polar surface area (TPSA) is 114 Å². The molecule has 3 rings (SSSR count). The highest BCUT2D eigenvalue weighted by Gasteiger charge is 2.29. The van der Waals surface area contributed by atoms with E-state index in [0.717, 1.165) is 0 Å². The van der Waals surface area contributed by atoms with Crippen LogP contribution in [0.25, 0.3) is 11.1 Å². The van der Waals surface area contributed by atoms with Crippen LogP contribution < -0.4 is 10.6 Å². The number of fused-ring (bicyclic) bond motifs is 1. The van der Waals surface area contributed by atoms with Gasteiger partial charge in [-0.2, -0.15) is 0 Å². The van der Waals surface area contributed by atoms with Crippen molar-refractivity contribution in [2.45, 2.75) is 51.0 Å². The number of nitrogens with zero attached hydrogens (tertiary/aromatic N) is 2. The Kier molecular flexibility index (Phi) is 8.62. The Hall–Kier alpha value is -2.72. The van der Waals surface area contributed by atoms with Gasteiger partial charge in [0.05, 0.1) is 13.2 Å². The monoisotopic (exact) mass is 474 g/mol. The molecule has 0 bridgehead atoms. The third-order valence-electron chi connectivity index (χ3n) is 5.39. The molecule has 33 heavy (non-hydrogen) atoms. The molecular formula is C23H34N4O5Si. The Morgan fingerprint density at radius 1 is 1.12 bits per heavy atom. The second-order valence-corrected chi connectivity index (χ2v) is 15.1. The summed E-state index contributed by atoms with van der Waals surface area (Å²) in [6.07, 6.45) is 1.56. The van der Waals surface area contributed by atoms with Gasteiger partial charge < -0.3 is 24.7 Å². The summed E-state index contributed by atoms with van der Waals surface area (Å²) < 4.78 is 10.8. The Balaban J connectivity index is 1.43. The molecule has 9 nitrogen and oxygen atoms in total. The summed E-state index contributed by atoms with van der Waals surface area (Å²) in [6.45, 7) is 9.04. The molecule has 180 valence electrons. The summed E-state index contributed by atoms with van der Waals surface area (Å²) in [7, 11) is -1.60. The molecule has 0 unspecified atom stereocenters. The van der Waals surface area contributed by atoms with E-state index in [9.17, 15) is 14.4 Å². The van der Waals surface area contributed by atoms with Crippen LogP contribution in [-0.4, -0.2) is 74.6 Å². The van der Waals surface area contributed by atoms with E-state index in [2.05, 4.69) is 35.3 Å². The first-order valence-electron chi connectivity index (χ1n) is 11.5. The lowest BCUT2D eigenvalue weighted by Gasteiger charge is -2.30. The van der Waals surface area contributed by atoms with Gasteiger partial charge in [0.15, 0.2) is 5.58 Å². The van der Waals surface area contributed by atoms with E-state index in [0.29, 0.717) is 69.3 Å². The van der Waals surface area contributed by atoms with Gasteiger partial charge in [-0.25, -0.2) is 9.78 Å². The third kappa shape index (κ3) is 7.67. The van der Waals surface area contributed by atoms with Crippen LogP contribution in [0.5, 0.6) is 0 Å². The van der Waals surface area contributed by atoms with Crippen LogP contribution in [0.1, 0.15) is 29.9 Å². The first-order valence-corrected chi connectivity index (χ1v) is 15.2. The average Bonchev–Trinajstić information content (AvgIpc) is 3.22. The van der Waals surface area contributed by atoms with Gasteiger partial charge in [-0.15, -0.1) is 0 Å². The summed E-state index contributed by atoms with van der Waals surface area (Å²) in [4.78, 5) is 43.7. The molecule has 1 saturated heterocycles. The zero-order valence-electron chi connectivity index (χ0n) is 19.7. The summed E-state index contributed by atoms with van der Waals surface area (Å²) in [5.41, 5.74) is 1.27. The van der Waals surface area contributed by atoms with Crippen LogP contribution in [0.3, 0.4) is 0 Å². The summed E-state index contributed by atoms with van der Waals surface area (Å²) >= 11 is 0. The van der Waals surface area contributed by atoms with Crippen LogP contribution in [0.15, 0.2) is 28.7 Å². The molecule has 2 aromatic rings. The highest BCUT2D eigenvalue weighted by molar-refractivity contribution is 6.76. The predicted molar refractivity (Wildman–Crippen MR) is 128 cm³/mol. The quantitative estimate of drug-likeness (QED) is 0.311. The van der Waals surface area contributed by atoms with Gasteiger partial charge in [-0.1, -0.05) is 31.8 Å². The van der Waals surface area contributed by atoms with Crippen LogP contribution in [0.4, 0.5) is 4.79 Å². The van der Waals surface area contributed by atoms with E-state index in [-0.39, 0.29) is 23.6 Å². The fourth-order valence-electron chi connectivity index (χ4n) is 3.67. The maximum absolute atomic E-state index is 12.8. The van der Waals surface area contributed by atoms with Gasteiger partial charge >= 0.3 is 6.03 Å². The SMILES string of the molecule is C[Si](C)(C)C[C@H](NC(=O)N1CCOCC1)C(=O)NCCCCC(=O)c1nc2ccccc2o1. The molecule has 1 atom stereocenters. The number of amides is 3. The summed E-state index contributed by atoms with van der Waals surface area (Å²) in [5, 5.41) is 5.84. The minimum Gasteiger partial charge on any atom is -0.434 e. The standard InChI is InChI=1S/C23H34N4O5Si/c1-33(2,3)16-18(26-23(30)27-12-14-31-15-13-27)21(29)24-11-7-6-9-19(28)22-25-17-8-4-5-10-20(17)32-22/h4-5,8,10,18H,6-7,9,11-16H2,1-3H3,(H,24,29)(H,26,30)/t18-/m0/s1. The second-order valence-electron chi connectivity index (χ2n) is 9.52. The molecule has 0 aliphatic carbocycles. The number of morpholine rings is 1. The van der Waals surface area contributed by atoms with Gasteiger partial charge in [-0.3, -0.25) is 9.59 Å². The van der Waals surface area contributed by atoms with Crippen molar-refractivity contribution in [3.05, 3.63) is 30.2 Å². The molecule has 2 heterocycles. The number of carbonyl (C=O) groups is 3. The number of hydrogen-bond donors (Lipinski definition) is 2. The zero-order chi connectivity index (χ0) is 23.8. The van der Waals surface area contributed by atoms with E-state index < -0.39 is 14.1 Å². The minimum absolute atomic E-state index is 0.126. The highest BCUT2D eigenvalue weighted by atomic mass is 28.3. The molecule has 2 N–H and O–H groups in total. The molecule has 3 amide bonds. The number of ether oxygens (including phenoxy) is 1. The molecule has 1 aromatic carbocycles. The van der Waals surface area contributed by atoms with Gasteiger partial charge in [0, 0.05) is 34.1 Å². The van der Waals surface area contributed by atoms with E-state index in [1.54, 1.807) is 17.0 Å². The predicted octanol–water partition coefficient (Wildman–Crippen LogP) is 3.05. The lowest BCUT2D eigenvalue weighted by atomic mass is 10.1. The molecule has 1 aliphatic rings. The molecule has 1 aliphatic heterocycles. The Labute approximate surface area is 195 Å². The Morgan fingerprint density at radius 3 is 2.55 bits per heavy atom.